The number of halogens is 3. The quantitative estimate of drug-likeness (QED) is 0.879. The fourth-order valence-electron chi connectivity index (χ4n) is 2.59. The van der Waals surface area contributed by atoms with Gasteiger partial charge in [0.15, 0.2) is 0 Å². The number of rotatable bonds is 3. The highest BCUT2D eigenvalue weighted by Gasteiger charge is 2.27. The molecular weight excluding hydrogens is 331 g/mol. The maximum absolute atomic E-state index is 13.3. The van der Waals surface area contributed by atoms with Crippen LogP contribution >= 0.6 is 27.5 Å². The van der Waals surface area contributed by atoms with Crippen molar-refractivity contribution in [1.82, 2.24) is 5.32 Å². The molecule has 19 heavy (non-hydrogen) atoms. The van der Waals surface area contributed by atoms with E-state index in [2.05, 4.69) is 40.0 Å². The van der Waals surface area contributed by atoms with E-state index in [1.54, 1.807) is 0 Å². The average molecular weight is 350 g/mol. The van der Waals surface area contributed by atoms with Crippen LogP contribution in [-0.4, -0.2) is 25.2 Å². The first kappa shape index (κ1) is 15.1. The van der Waals surface area contributed by atoms with E-state index in [0.717, 1.165) is 36.1 Å². The van der Waals surface area contributed by atoms with E-state index >= 15 is 0 Å². The number of hydrogen-bond acceptors (Lipinski definition) is 2. The number of piperazine rings is 1. The molecule has 1 aliphatic heterocycles. The van der Waals surface area contributed by atoms with E-state index in [4.69, 9.17) is 11.6 Å². The summed E-state index contributed by atoms with van der Waals surface area (Å²) in [6.45, 7) is 6.16. The third-order valence-corrected chi connectivity index (χ3v) is 4.45. The van der Waals surface area contributed by atoms with Crippen molar-refractivity contribution in [2.45, 2.75) is 38.8 Å². The molecule has 2 rings (SSSR count). The Hall–Kier alpha value is -0.320. The molecule has 0 radical (unpaired) electrons. The van der Waals surface area contributed by atoms with Gasteiger partial charge < -0.3 is 10.2 Å². The highest BCUT2D eigenvalue weighted by atomic mass is 79.9. The Kier molecular flexibility index (Phi) is 5.09. The average Bonchev–Trinajstić information content (AvgIpc) is 2.32. The summed E-state index contributed by atoms with van der Waals surface area (Å²) < 4.78 is 14.0. The van der Waals surface area contributed by atoms with Gasteiger partial charge in [0.2, 0.25) is 0 Å². The zero-order chi connectivity index (χ0) is 14.0. The Balaban J connectivity index is 2.28. The SMILES string of the molecule is CCCC1CN(c2c(Cl)cc(F)cc2Br)C(C)CN1. The van der Waals surface area contributed by atoms with Crippen molar-refractivity contribution in [2.24, 2.45) is 0 Å². The van der Waals surface area contributed by atoms with Gasteiger partial charge in [0.1, 0.15) is 5.82 Å². The lowest BCUT2D eigenvalue weighted by Crippen LogP contribution is -2.55. The summed E-state index contributed by atoms with van der Waals surface area (Å²) in [5, 5.41) is 4.01. The van der Waals surface area contributed by atoms with Crippen molar-refractivity contribution >= 4 is 33.2 Å². The molecule has 0 spiro atoms. The molecule has 0 amide bonds. The number of nitrogens with one attached hydrogen (secondary N) is 1. The van der Waals surface area contributed by atoms with Gasteiger partial charge in [-0.3, -0.25) is 0 Å². The van der Waals surface area contributed by atoms with Gasteiger partial charge in [-0.25, -0.2) is 4.39 Å². The molecule has 0 aromatic heterocycles. The normalized spacial score (nSPS) is 23.7. The molecule has 0 saturated carbocycles. The van der Waals surface area contributed by atoms with E-state index < -0.39 is 0 Å². The fraction of sp³-hybridized carbons (Fsp3) is 0.571. The van der Waals surface area contributed by atoms with E-state index in [1.807, 2.05) is 0 Å². The van der Waals surface area contributed by atoms with Crippen molar-refractivity contribution in [1.29, 1.82) is 0 Å². The fourth-order valence-corrected chi connectivity index (χ4v) is 3.68. The van der Waals surface area contributed by atoms with Crippen LogP contribution in [0.2, 0.25) is 5.02 Å². The van der Waals surface area contributed by atoms with Gasteiger partial charge in [-0.1, -0.05) is 24.9 Å². The number of hydrogen-bond donors (Lipinski definition) is 1. The monoisotopic (exact) mass is 348 g/mol. The van der Waals surface area contributed by atoms with Gasteiger partial charge in [0.25, 0.3) is 0 Å². The van der Waals surface area contributed by atoms with Gasteiger partial charge in [-0.15, -0.1) is 0 Å². The van der Waals surface area contributed by atoms with Crippen molar-refractivity contribution in [2.75, 3.05) is 18.0 Å². The smallest absolute Gasteiger partial charge is 0.125 e. The van der Waals surface area contributed by atoms with Crippen LogP contribution in [0.1, 0.15) is 26.7 Å². The van der Waals surface area contributed by atoms with Crippen molar-refractivity contribution < 1.29 is 4.39 Å². The lowest BCUT2D eigenvalue weighted by molar-refractivity contribution is 0.386. The van der Waals surface area contributed by atoms with Gasteiger partial charge in [0.05, 0.1) is 10.7 Å². The van der Waals surface area contributed by atoms with Gasteiger partial charge >= 0.3 is 0 Å². The van der Waals surface area contributed by atoms with Crippen LogP contribution in [0, 0.1) is 5.82 Å². The van der Waals surface area contributed by atoms with E-state index in [-0.39, 0.29) is 5.82 Å². The molecule has 0 bridgehead atoms. The molecule has 1 aromatic carbocycles. The van der Waals surface area contributed by atoms with Crippen molar-refractivity contribution in [3.8, 4) is 0 Å². The van der Waals surface area contributed by atoms with E-state index in [1.165, 1.54) is 12.1 Å². The molecule has 106 valence electrons. The topological polar surface area (TPSA) is 15.3 Å². The van der Waals surface area contributed by atoms with Crippen LogP contribution < -0.4 is 10.2 Å². The second kappa shape index (κ2) is 6.42. The molecule has 1 saturated heterocycles. The summed E-state index contributed by atoms with van der Waals surface area (Å²) in [5.41, 5.74) is 0.901. The summed E-state index contributed by atoms with van der Waals surface area (Å²) in [5.74, 6) is -0.312. The maximum atomic E-state index is 13.3. The molecule has 5 heteroatoms. The molecule has 1 N–H and O–H groups in total. The van der Waals surface area contributed by atoms with Crippen molar-refractivity contribution in [3.63, 3.8) is 0 Å². The Bertz CT molecular complexity index is 432. The lowest BCUT2D eigenvalue weighted by atomic mass is 10.0. The van der Waals surface area contributed by atoms with Crippen LogP contribution in [0.15, 0.2) is 16.6 Å². The lowest BCUT2D eigenvalue weighted by Gasteiger charge is -2.41. The number of nitrogens with zero attached hydrogens (tertiary/aromatic N) is 1. The van der Waals surface area contributed by atoms with E-state index in [9.17, 15) is 4.39 Å². The molecule has 1 heterocycles. The molecule has 2 nitrogen and oxygen atoms in total. The number of benzene rings is 1. The minimum Gasteiger partial charge on any atom is -0.364 e. The second-order valence-corrected chi connectivity index (χ2v) is 6.37. The highest BCUT2D eigenvalue weighted by Crippen LogP contribution is 2.36. The Morgan fingerprint density at radius 2 is 2.26 bits per heavy atom. The molecule has 2 unspecified atom stereocenters. The van der Waals surface area contributed by atoms with Crippen LogP contribution in [0.4, 0.5) is 10.1 Å². The minimum atomic E-state index is -0.312. The largest absolute Gasteiger partial charge is 0.364 e. The Morgan fingerprint density at radius 1 is 1.53 bits per heavy atom. The Morgan fingerprint density at radius 3 is 2.89 bits per heavy atom. The summed E-state index contributed by atoms with van der Waals surface area (Å²) in [6, 6.07) is 3.66. The standard InChI is InChI=1S/C14H19BrClFN2/c1-3-4-11-8-19(9(2)7-18-11)14-12(15)5-10(17)6-13(14)16/h5-6,9,11,18H,3-4,7-8H2,1-2H3. The molecule has 1 fully saturated rings. The number of anilines is 1. The summed E-state index contributed by atoms with van der Waals surface area (Å²) in [4.78, 5) is 2.27. The van der Waals surface area contributed by atoms with Crippen LogP contribution in [0.3, 0.4) is 0 Å². The predicted octanol–water partition coefficient (Wildman–Crippen LogP) is 4.21. The van der Waals surface area contributed by atoms with Gasteiger partial charge in [-0.05, 0) is 41.4 Å². The summed E-state index contributed by atoms with van der Waals surface area (Å²) in [7, 11) is 0. The van der Waals surface area contributed by atoms with Gasteiger partial charge in [-0.2, -0.15) is 0 Å². The molecular formula is C14H19BrClFN2. The first-order valence-corrected chi connectivity index (χ1v) is 7.84. The predicted molar refractivity (Wildman–Crippen MR) is 82.6 cm³/mol. The third kappa shape index (κ3) is 3.41. The second-order valence-electron chi connectivity index (χ2n) is 5.11. The summed E-state index contributed by atoms with van der Waals surface area (Å²) in [6.07, 6.45) is 2.29. The van der Waals surface area contributed by atoms with Crippen molar-refractivity contribution in [3.05, 3.63) is 27.4 Å². The van der Waals surface area contributed by atoms with Crippen LogP contribution in [-0.2, 0) is 0 Å². The molecule has 1 aliphatic rings. The maximum Gasteiger partial charge on any atom is 0.125 e. The van der Waals surface area contributed by atoms with E-state index in [0.29, 0.717) is 17.1 Å². The third-order valence-electron chi connectivity index (χ3n) is 3.56. The van der Waals surface area contributed by atoms with Gasteiger partial charge in [0, 0.05) is 29.6 Å². The highest BCUT2D eigenvalue weighted by molar-refractivity contribution is 9.10. The first-order chi connectivity index (χ1) is 9.02. The molecule has 0 aliphatic carbocycles. The zero-order valence-corrected chi connectivity index (χ0v) is 13.6. The van der Waals surface area contributed by atoms with Crippen LogP contribution in [0.5, 0.6) is 0 Å². The Labute approximate surface area is 127 Å². The first-order valence-electron chi connectivity index (χ1n) is 6.67. The zero-order valence-electron chi connectivity index (χ0n) is 11.2. The molecule has 2 atom stereocenters. The van der Waals surface area contributed by atoms with Crippen LogP contribution in [0.25, 0.3) is 0 Å². The molecule has 1 aromatic rings. The summed E-state index contributed by atoms with van der Waals surface area (Å²) >= 11 is 9.66. The minimum absolute atomic E-state index is 0.312.